The van der Waals surface area contributed by atoms with Crippen molar-refractivity contribution in [2.75, 3.05) is 19.9 Å². The second-order valence-electron chi connectivity index (χ2n) is 5.05. The summed E-state index contributed by atoms with van der Waals surface area (Å²) < 4.78 is 5.25. The van der Waals surface area contributed by atoms with Crippen molar-refractivity contribution in [3.05, 3.63) is 59.7 Å². The number of ether oxygens (including phenoxy) is 1. The summed E-state index contributed by atoms with van der Waals surface area (Å²) in [6.45, 7) is 3.16. The quantitative estimate of drug-likeness (QED) is 0.770. The number of hydrogen-bond acceptors (Lipinski definition) is 3. The molecule has 2 aromatic carbocycles. The van der Waals surface area contributed by atoms with Crippen molar-refractivity contribution in [3.8, 4) is 5.75 Å². The van der Waals surface area contributed by atoms with E-state index in [1.807, 2.05) is 12.1 Å². The van der Waals surface area contributed by atoms with Gasteiger partial charge in [0.1, 0.15) is 5.75 Å². The molecule has 2 rings (SSSR count). The van der Waals surface area contributed by atoms with Gasteiger partial charge in [0.15, 0.2) is 0 Å². The van der Waals surface area contributed by atoms with Crippen LogP contribution in [0.3, 0.4) is 0 Å². The molecule has 0 saturated heterocycles. The molecular formula is C18H23NOS. The molecule has 3 heteroatoms. The molecule has 1 atom stereocenters. The molecule has 0 spiro atoms. The smallest absolute Gasteiger partial charge is 0.119 e. The average Bonchev–Trinajstić information content (AvgIpc) is 2.55. The van der Waals surface area contributed by atoms with Crippen LogP contribution in [0.15, 0.2) is 53.4 Å². The molecule has 0 aromatic heterocycles. The molecule has 0 radical (unpaired) electrons. The molecule has 1 unspecified atom stereocenters. The van der Waals surface area contributed by atoms with E-state index in [4.69, 9.17) is 4.74 Å². The van der Waals surface area contributed by atoms with E-state index >= 15 is 0 Å². The Morgan fingerprint density at radius 3 is 2.57 bits per heavy atom. The van der Waals surface area contributed by atoms with Crippen molar-refractivity contribution in [2.24, 2.45) is 0 Å². The van der Waals surface area contributed by atoms with E-state index in [2.05, 4.69) is 54.9 Å². The number of thioether (sulfide) groups is 1. The minimum Gasteiger partial charge on any atom is -0.497 e. The molecule has 0 amide bonds. The monoisotopic (exact) mass is 301 g/mol. The molecule has 0 heterocycles. The topological polar surface area (TPSA) is 21.3 Å². The fourth-order valence-electron chi connectivity index (χ4n) is 2.27. The lowest BCUT2D eigenvalue weighted by Gasteiger charge is -2.15. The first-order valence-electron chi connectivity index (χ1n) is 7.23. The fraction of sp³-hybridized carbons (Fsp3) is 0.333. The molecule has 2 aromatic rings. The predicted octanol–water partition coefficient (Wildman–Crippen LogP) is 4.31. The Bertz CT molecular complexity index is 553. The normalized spacial score (nSPS) is 12.1. The highest BCUT2D eigenvalue weighted by atomic mass is 32.2. The second kappa shape index (κ2) is 8.11. The molecule has 2 nitrogen and oxygen atoms in total. The van der Waals surface area contributed by atoms with Gasteiger partial charge in [0, 0.05) is 10.9 Å². The van der Waals surface area contributed by atoms with E-state index in [0.29, 0.717) is 6.04 Å². The van der Waals surface area contributed by atoms with Crippen molar-refractivity contribution in [2.45, 2.75) is 24.3 Å². The maximum atomic E-state index is 5.25. The van der Waals surface area contributed by atoms with Gasteiger partial charge in [-0.2, -0.15) is 0 Å². The Hall–Kier alpha value is -1.45. The van der Waals surface area contributed by atoms with E-state index in [9.17, 15) is 0 Å². The molecule has 21 heavy (non-hydrogen) atoms. The number of benzene rings is 2. The number of methoxy groups -OCH3 is 1. The third-order valence-electron chi connectivity index (χ3n) is 3.61. The summed E-state index contributed by atoms with van der Waals surface area (Å²) in [7, 11) is 1.71. The van der Waals surface area contributed by atoms with Gasteiger partial charge in [0.25, 0.3) is 0 Å². The Labute approximate surface area is 131 Å². The Morgan fingerprint density at radius 2 is 1.90 bits per heavy atom. The molecule has 0 bridgehead atoms. The second-order valence-corrected chi connectivity index (χ2v) is 5.93. The lowest BCUT2D eigenvalue weighted by molar-refractivity contribution is 0.414. The molecule has 0 aliphatic carbocycles. The highest BCUT2D eigenvalue weighted by Gasteiger charge is 2.04. The molecule has 0 aliphatic rings. The van der Waals surface area contributed by atoms with Crippen molar-refractivity contribution in [1.82, 2.24) is 5.32 Å². The first kappa shape index (κ1) is 15.9. The van der Waals surface area contributed by atoms with Gasteiger partial charge in [-0.3, -0.25) is 0 Å². The van der Waals surface area contributed by atoms with Gasteiger partial charge in [-0.1, -0.05) is 24.3 Å². The zero-order valence-electron chi connectivity index (χ0n) is 12.9. The van der Waals surface area contributed by atoms with Gasteiger partial charge in [0.05, 0.1) is 7.11 Å². The van der Waals surface area contributed by atoms with Gasteiger partial charge >= 0.3 is 0 Å². The zero-order chi connectivity index (χ0) is 15.1. The molecule has 1 N–H and O–H groups in total. The summed E-state index contributed by atoms with van der Waals surface area (Å²) in [6, 6.07) is 17.4. The molecule has 0 fully saturated rings. The minimum absolute atomic E-state index is 0.367. The highest BCUT2D eigenvalue weighted by Crippen LogP contribution is 2.19. The van der Waals surface area contributed by atoms with Crippen LogP contribution in [0.2, 0.25) is 0 Å². The van der Waals surface area contributed by atoms with Gasteiger partial charge < -0.3 is 10.1 Å². The first-order valence-corrected chi connectivity index (χ1v) is 8.45. The zero-order valence-corrected chi connectivity index (χ0v) is 13.7. The van der Waals surface area contributed by atoms with Crippen LogP contribution in [0.1, 0.15) is 24.1 Å². The third kappa shape index (κ3) is 4.80. The van der Waals surface area contributed by atoms with E-state index in [1.165, 1.54) is 16.0 Å². The summed E-state index contributed by atoms with van der Waals surface area (Å²) in [5.41, 5.74) is 2.63. The van der Waals surface area contributed by atoms with Crippen LogP contribution in [-0.2, 0) is 6.42 Å². The van der Waals surface area contributed by atoms with Crippen molar-refractivity contribution >= 4 is 11.8 Å². The predicted molar refractivity (Wildman–Crippen MR) is 91.3 cm³/mol. The lowest BCUT2D eigenvalue weighted by atomic mass is 10.1. The Morgan fingerprint density at radius 1 is 1.14 bits per heavy atom. The standard InChI is InChI=1S/C18H23NOS/c1-14(16-7-9-18(21-3)10-8-16)19-12-11-15-5-4-6-17(13-15)20-2/h4-10,13-14,19H,11-12H2,1-3H3. The first-order chi connectivity index (χ1) is 10.2. The molecular weight excluding hydrogens is 278 g/mol. The van der Waals surface area contributed by atoms with Crippen LogP contribution < -0.4 is 10.1 Å². The summed E-state index contributed by atoms with van der Waals surface area (Å²) in [6.07, 6.45) is 3.11. The maximum Gasteiger partial charge on any atom is 0.119 e. The number of rotatable bonds is 7. The molecule has 112 valence electrons. The van der Waals surface area contributed by atoms with Gasteiger partial charge in [-0.25, -0.2) is 0 Å². The van der Waals surface area contributed by atoms with E-state index in [1.54, 1.807) is 18.9 Å². The van der Waals surface area contributed by atoms with E-state index < -0.39 is 0 Å². The van der Waals surface area contributed by atoms with Crippen LogP contribution in [0.4, 0.5) is 0 Å². The van der Waals surface area contributed by atoms with Crippen LogP contribution in [0.5, 0.6) is 5.75 Å². The van der Waals surface area contributed by atoms with Crippen LogP contribution in [-0.4, -0.2) is 19.9 Å². The summed E-state index contributed by atoms with van der Waals surface area (Å²) in [4.78, 5) is 1.31. The average molecular weight is 301 g/mol. The lowest BCUT2D eigenvalue weighted by Crippen LogP contribution is -2.21. The van der Waals surface area contributed by atoms with Gasteiger partial charge in [-0.15, -0.1) is 11.8 Å². The molecule has 0 saturated carbocycles. The SMILES string of the molecule is COc1cccc(CCNC(C)c2ccc(SC)cc2)c1. The number of nitrogens with one attached hydrogen (secondary N) is 1. The minimum atomic E-state index is 0.367. The van der Waals surface area contributed by atoms with Crippen LogP contribution in [0.25, 0.3) is 0 Å². The Kier molecular flexibility index (Phi) is 6.15. The van der Waals surface area contributed by atoms with Gasteiger partial charge in [-0.05, 0) is 61.5 Å². The fourth-order valence-corrected chi connectivity index (χ4v) is 2.68. The van der Waals surface area contributed by atoms with Crippen LogP contribution >= 0.6 is 11.8 Å². The van der Waals surface area contributed by atoms with E-state index in [-0.39, 0.29) is 0 Å². The van der Waals surface area contributed by atoms with Crippen molar-refractivity contribution < 1.29 is 4.74 Å². The molecule has 0 aliphatic heterocycles. The number of hydrogen-bond donors (Lipinski definition) is 1. The summed E-state index contributed by atoms with van der Waals surface area (Å²) in [5, 5.41) is 3.57. The third-order valence-corrected chi connectivity index (χ3v) is 4.36. The van der Waals surface area contributed by atoms with E-state index in [0.717, 1.165) is 18.7 Å². The van der Waals surface area contributed by atoms with Crippen molar-refractivity contribution in [3.63, 3.8) is 0 Å². The van der Waals surface area contributed by atoms with Gasteiger partial charge in [0.2, 0.25) is 0 Å². The largest absolute Gasteiger partial charge is 0.497 e. The van der Waals surface area contributed by atoms with Crippen LogP contribution in [0, 0.1) is 0 Å². The maximum absolute atomic E-state index is 5.25. The highest BCUT2D eigenvalue weighted by molar-refractivity contribution is 7.98. The Balaban J connectivity index is 1.84. The summed E-state index contributed by atoms with van der Waals surface area (Å²) in [5.74, 6) is 0.924. The summed E-state index contributed by atoms with van der Waals surface area (Å²) >= 11 is 1.78. The van der Waals surface area contributed by atoms with Crippen molar-refractivity contribution in [1.29, 1.82) is 0 Å².